The number of para-hydroxylation sites is 2. The second-order valence-corrected chi connectivity index (χ2v) is 7.15. The summed E-state index contributed by atoms with van der Waals surface area (Å²) in [5.74, 6) is 0.125. The number of rotatable bonds is 2. The zero-order chi connectivity index (χ0) is 18.6. The van der Waals surface area contributed by atoms with Gasteiger partial charge in [0.25, 0.3) is 0 Å². The number of ketones is 1. The average Bonchev–Trinajstić information content (AvgIpc) is 3.15. The van der Waals surface area contributed by atoms with Crippen LogP contribution >= 0.6 is 0 Å². The van der Waals surface area contributed by atoms with E-state index in [2.05, 4.69) is 41.1 Å². The number of hydrogen-bond acceptors (Lipinski definition) is 2. The molecule has 1 aliphatic rings. The minimum atomic E-state index is -0.880. The van der Waals surface area contributed by atoms with E-state index in [9.17, 15) is 4.79 Å². The lowest BCUT2D eigenvalue weighted by molar-refractivity contribution is 0.0929. The van der Waals surface area contributed by atoms with E-state index in [1.807, 2.05) is 61.6 Å². The summed E-state index contributed by atoms with van der Waals surface area (Å²) in [5.41, 5.74) is 4.96. The fraction of sp³-hybridized carbons (Fsp3) is 0.125. The van der Waals surface area contributed by atoms with Crippen LogP contribution in [0.4, 0.5) is 5.69 Å². The number of nitrogens with one attached hydrogen (secondary N) is 1. The SMILES string of the molecule is Cc1[nH]c2ccccc2c1C1(c2ccccc2)C(=O)c2ccccc2N1C. The van der Waals surface area contributed by atoms with Gasteiger partial charge in [-0.3, -0.25) is 4.79 Å². The average molecular weight is 352 g/mol. The van der Waals surface area contributed by atoms with E-state index in [1.165, 1.54) is 0 Å². The summed E-state index contributed by atoms with van der Waals surface area (Å²) in [6.07, 6.45) is 0. The Kier molecular flexibility index (Phi) is 3.28. The number of nitrogens with zero attached hydrogens (tertiary/aromatic N) is 1. The Morgan fingerprint density at radius 2 is 1.52 bits per heavy atom. The van der Waals surface area contributed by atoms with Crippen molar-refractivity contribution in [1.82, 2.24) is 4.98 Å². The first-order valence-electron chi connectivity index (χ1n) is 9.16. The summed E-state index contributed by atoms with van der Waals surface area (Å²) in [6.45, 7) is 2.06. The van der Waals surface area contributed by atoms with Crippen molar-refractivity contribution in [2.24, 2.45) is 0 Å². The molecular weight excluding hydrogens is 332 g/mol. The Bertz CT molecular complexity index is 1180. The number of hydrogen-bond donors (Lipinski definition) is 1. The molecule has 0 fully saturated rings. The van der Waals surface area contributed by atoms with E-state index in [0.717, 1.165) is 39.0 Å². The van der Waals surface area contributed by atoms with Gasteiger partial charge in [-0.25, -0.2) is 0 Å². The Morgan fingerprint density at radius 1 is 0.852 bits per heavy atom. The van der Waals surface area contributed by atoms with Crippen molar-refractivity contribution in [1.29, 1.82) is 0 Å². The fourth-order valence-electron chi connectivity index (χ4n) is 4.66. The van der Waals surface area contributed by atoms with Gasteiger partial charge >= 0.3 is 0 Å². The highest BCUT2D eigenvalue weighted by atomic mass is 16.1. The highest BCUT2D eigenvalue weighted by molar-refractivity contribution is 6.18. The molecule has 4 aromatic rings. The van der Waals surface area contributed by atoms with Crippen LogP contribution in [-0.4, -0.2) is 17.8 Å². The summed E-state index contributed by atoms with van der Waals surface area (Å²) in [5, 5.41) is 1.09. The zero-order valence-corrected chi connectivity index (χ0v) is 15.4. The second-order valence-electron chi connectivity index (χ2n) is 7.15. The molecule has 1 atom stereocenters. The van der Waals surface area contributed by atoms with E-state index in [-0.39, 0.29) is 5.78 Å². The fourth-order valence-corrected chi connectivity index (χ4v) is 4.66. The lowest BCUT2D eigenvalue weighted by Gasteiger charge is -2.37. The van der Waals surface area contributed by atoms with Gasteiger partial charge in [0.2, 0.25) is 0 Å². The molecule has 132 valence electrons. The number of aromatic amines is 1. The van der Waals surface area contributed by atoms with Crippen LogP contribution in [0.2, 0.25) is 0 Å². The maximum absolute atomic E-state index is 14.0. The molecule has 0 saturated carbocycles. The summed E-state index contributed by atoms with van der Waals surface area (Å²) < 4.78 is 0. The molecule has 5 rings (SSSR count). The quantitative estimate of drug-likeness (QED) is 0.548. The molecule has 1 N–H and O–H groups in total. The van der Waals surface area contributed by atoms with Crippen molar-refractivity contribution in [3.05, 3.63) is 101 Å². The van der Waals surface area contributed by atoms with Gasteiger partial charge in [-0.15, -0.1) is 0 Å². The van der Waals surface area contributed by atoms with Crippen molar-refractivity contribution in [3.63, 3.8) is 0 Å². The van der Waals surface area contributed by atoms with Crippen molar-refractivity contribution < 1.29 is 4.79 Å². The first-order valence-corrected chi connectivity index (χ1v) is 9.16. The number of fused-ring (bicyclic) bond motifs is 2. The van der Waals surface area contributed by atoms with Gasteiger partial charge in [0.05, 0.1) is 0 Å². The number of likely N-dealkylation sites (N-methyl/N-ethyl adjacent to an activating group) is 1. The van der Waals surface area contributed by atoms with Crippen LogP contribution in [0.5, 0.6) is 0 Å². The summed E-state index contributed by atoms with van der Waals surface area (Å²) in [6, 6.07) is 26.2. The molecule has 2 heterocycles. The van der Waals surface area contributed by atoms with Crippen LogP contribution in [0.3, 0.4) is 0 Å². The zero-order valence-electron chi connectivity index (χ0n) is 15.4. The Balaban J connectivity index is 1.93. The number of aryl methyl sites for hydroxylation is 1. The third-order valence-corrected chi connectivity index (χ3v) is 5.79. The summed E-state index contributed by atoms with van der Waals surface area (Å²) in [4.78, 5) is 19.6. The number of Topliss-reactive ketones (excluding diaryl/α,β-unsaturated/α-hetero) is 1. The molecule has 3 nitrogen and oxygen atoms in total. The molecule has 0 saturated heterocycles. The van der Waals surface area contributed by atoms with Crippen LogP contribution in [-0.2, 0) is 5.54 Å². The van der Waals surface area contributed by atoms with Gasteiger partial charge in [-0.1, -0.05) is 60.7 Å². The van der Waals surface area contributed by atoms with E-state index in [1.54, 1.807) is 0 Å². The predicted molar refractivity (Wildman–Crippen MR) is 109 cm³/mol. The van der Waals surface area contributed by atoms with Crippen LogP contribution in [0, 0.1) is 6.92 Å². The van der Waals surface area contributed by atoms with Crippen molar-refractivity contribution in [3.8, 4) is 0 Å². The minimum Gasteiger partial charge on any atom is -0.358 e. The molecule has 0 aliphatic carbocycles. The number of carbonyl (C=O) groups is 1. The largest absolute Gasteiger partial charge is 0.358 e. The number of benzene rings is 3. The lowest BCUT2D eigenvalue weighted by Crippen LogP contribution is -2.47. The maximum atomic E-state index is 14.0. The van der Waals surface area contributed by atoms with Crippen LogP contribution in [0.25, 0.3) is 10.9 Å². The molecule has 0 amide bonds. The van der Waals surface area contributed by atoms with Crippen LogP contribution in [0.1, 0.15) is 27.2 Å². The molecule has 3 heteroatoms. The maximum Gasteiger partial charge on any atom is 0.199 e. The predicted octanol–water partition coefficient (Wildman–Crippen LogP) is 5.05. The van der Waals surface area contributed by atoms with Crippen molar-refractivity contribution in [2.75, 3.05) is 11.9 Å². The first-order chi connectivity index (χ1) is 13.2. The number of anilines is 1. The summed E-state index contributed by atoms with van der Waals surface area (Å²) in [7, 11) is 2.03. The summed E-state index contributed by atoms with van der Waals surface area (Å²) >= 11 is 0. The van der Waals surface area contributed by atoms with Gasteiger partial charge in [-0.2, -0.15) is 0 Å². The molecule has 3 aromatic carbocycles. The van der Waals surface area contributed by atoms with Gasteiger partial charge in [0, 0.05) is 40.5 Å². The number of carbonyl (C=O) groups excluding carboxylic acids is 1. The Morgan fingerprint density at radius 3 is 2.30 bits per heavy atom. The molecule has 1 aromatic heterocycles. The number of aromatic nitrogens is 1. The minimum absolute atomic E-state index is 0.125. The standard InChI is InChI=1S/C24H20N2O/c1-16-22(18-12-6-8-14-20(18)25-16)24(17-10-4-3-5-11-17)23(27)19-13-7-9-15-21(19)26(24)2/h3-15,25H,1-2H3. The molecule has 0 bridgehead atoms. The highest BCUT2D eigenvalue weighted by Gasteiger charge is 2.53. The normalized spacial score (nSPS) is 18.9. The molecular formula is C24H20N2O. The van der Waals surface area contributed by atoms with E-state index < -0.39 is 5.54 Å². The van der Waals surface area contributed by atoms with Crippen LogP contribution < -0.4 is 4.90 Å². The number of H-pyrrole nitrogens is 1. The van der Waals surface area contributed by atoms with E-state index >= 15 is 0 Å². The van der Waals surface area contributed by atoms with Crippen LogP contribution in [0.15, 0.2) is 78.9 Å². The first kappa shape index (κ1) is 15.9. The monoisotopic (exact) mass is 352 g/mol. The topological polar surface area (TPSA) is 36.1 Å². The van der Waals surface area contributed by atoms with E-state index in [4.69, 9.17) is 0 Å². The van der Waals surface area contributed by atoms with Crippen molar-refractivity contribution >= 4 is 22.4 Å². The lowest BCUT2D eigenvalue weighted by atomic mass is 9.77. The van der Waals surface area contributed by atoms with E-state index in [0.29, 0.717) is 0 Å². The molecule has 1 aliphatic heterocycles. The third kappa shape index (κ3) is 1.94. The Labute approximate surface area is 158 Å². The third-order valence-electron chi connectivity index (χ3n) is 5.79. The second kappa shape index (κ2) is 5.58. The molecule has 0 spiro atoms. The molecule has 27 heavy (non-hydrogen) atoms. The van der Waals surface area contributed by atoms with Gasteiger partial charge in [0.1, 0.15) is 0 Å². The highest BCUT2D eigenvalue weighted by Crippen LogP contribution is 2.50. The smallest absolute Gasteiger partial charge is 0.199 e. The van der Waals surface area contributed by atoms with Gasteiger partial charge < -0.3 is 9.88 Å². The van der Waals surface area contributed by atoms with Gasteiger partial charge in [0.15, 0.2) is 11.3 Å². The molecule has 1 unspecified atom stereocenters. The van der Waals surface area contributed by atoms with Gasteiger partial charge in [-0.05, 0) is 30.7 Å². The molecule has 0 radical (unpaired) electrons. The Hall–Kier alpha value is -3.33. The van der Waals surface area contributed by atoms with Crippen molar-refractivity contribution in [2.45, 2.75) is 12.5 Å².